The molecule has 0 spiro atoms. The predicted octanol–water partition coefficient (Wildman–Crippen LogP) is 3.62. The van der Waals surface area contributed by atoms with Gasteiger partial charge in [0.2, 0.25) is 5.75 Å². The first kappa shape index (κ1) is 19.9. The quantitative estimate of drug-likeness (QED) is 0.596. The number of aliphatic hydroxyl groups excluding tert-OH is 1. The van der Waals surface area contributed by atoms with E-state index in [0.717, 1.165) is 30.5 Å². The van der Waals surface area contributed by atoms with Crippen LogP contribution in [0.15, 0.2) is 6.07 Å². The third kappa shape index (κ3) is 4.59. The third-order valence-electron chi connectivity index (χ3n) is 5.03. The van der Waals surface area contributed by atoms with Gasteiger partial charge in [-0.2, -0.15) is 0 Å². The van der Waals surface area contributed by atoms with Crippen LogP contribution in [0.1, 0.15) is 62.7 Å². The average molecular weight is 351 g/mol. The second kappa shape index (κ2) is 9.88. The summed E-state index contributed by atoms with van der Waals surface area (Å²) < 4.78 is 16.4. The zero-order chi connectivity index (χ0) is 18.2. The fraction of sp³-hybridized carbons (Fsp3) is 0.700. The molecule has 0 heterocycles. The van der Waals surface area contributed by atoms with E-state index in [4.69, 9.17) is 14.2 Å². The van der Waals surface area contributed by atoms with Gasteiger partial charge in [-0.3, -0.25) is 0 Å². The van der Waals surface area contributed by atoms with Gasteiger partial charge in [0.15, 0.2) is 11.5 Å². The molecule has 25 heavy (non-hydrogen) atoms. The SMILES string of the molecule is CCCCCCCCNC1Cc2c(cc(OC)c(OC)c2OC)C1O. The predicted molar refractivity (Wildman–Crippen MR) is 99.9 cm³/mol. The topological polar surface area (TPSA) is 60.0 Å². The van der Waals surface area contributed by atoms with Crippen LogP contribution in [0.4, 0.5) is 0 Å². The second-order valence-electron chi connectivity index (χ2n) is 6.69. The number of hydrogen-bond acceptors (Lipinski definition) is 5. The van der Waals surface area contributed by atoms with Gasteiger partial charge in [-0.15, -0.1) is 0 Å². The van der Waals surface area contributed by atoms with Gasteiger partial charge in [0.1, 0.15) is 0 Å². The summed E-state index contributed by atoms with van der Waals surface area (Å²) in [6.45, 7) is 3.16. The van der Waals surface area contributed by atoms with E-state index in [0.29, 0.717) is 17.2 Å². The molecule has 0 saturated heterocycles. The highest BCUT2D eigenvalue weighted by atomic mass is 16.5. The van der Waals surface area contributed by atoms with E-state index in [1.807, 2.05) is 6.07 Å². The first-order chi connectivity index (χ1) is 12.2. The zero-order valence-electron chi connectivity index (χ0n) is 16.1. The Labute approximate surface area is 151 Å². The number of rotatable bonds is 11. The van der Waals surface area contributed by atoms with Crippen molar-refractivity contribution in [3.8, 4) is 17.2 Å². The normalized spacial score (nSPS) is 18.9. The second-order valence-corrected chi connectivity index (χ2v) is 6.69. The maximum absolute atomic E-state index is 10.7. The summed E-state index contributed by atoms with van der Waals surface area (Å²) in [4.78, 5) is 0. The van der Waals surface area contributed by atoms with E-state index in [-0.39, 0.29) is 6.04 Å². The summed E-state index contributed by atoms with van der Waals surface area (Å²) in [6.07, 6.45) is 7.79. The third-order valence-corrected chi connectivity index (χ3v) is 5.03. The number of benzene rings is 1. The lowest BCUT2D eigenvalue weighted by Gasteiger charge is -2.17. The summed E-state index contributed by atoms with van der Waals surface area (Å²) in [5, 5.41) is 14.2. The van der Waals surface area contributed by atoms with Crippen LogP contribution in [0.3, 0.4) is 0 Å². The van der Waals surface area contributed by atoms with Gasteiger partial charge in [-0.1, -0.05) is 39.0 Å². The highest BCUT2D eigenvalue weighted by molar-refractivity contribution is 5.61. The van der Waals surface area contributed by atoms with Crippen molar-refractivity contribution in [1.29, 1.82) is 0 Å². The van der Waals surface area contributed by atoms with Gasteiger partial charge in [-0.05, 0) is 31.0 Å². The Bertz CT molecular complexity index is 547. The highest BCUT2D eigenvalue weighted by Gasteiger charge is 2.35. The number of aliphatic hydroxyl groups is 1. The molecule has 2 rings (SSSR count). The molecule has 0 radical (unpaired) electrons. The van der Waals surface area contributed by atoms with E-state index in [9.17, 15) is 5.11 Å². The Morgan fingerprint density at radius 1 is 1.00 bits per heavy atom. The number of ether oxygens (including phenoxy) is 3. The molecule has 0 saturated carbocycles. The molecule has 5 heteroatoms. The standard InChI is InChI=1S/C20H33NO4/c1-5-6-7-8-9-10-11-21-16-12-15-14(18(16)22)13-17(23-2)20(25-4)19(15)24-3/h13,16,18,21-22H,5-12H2,1-4H3. The molecule has 1 aliphatic rings. The first-order valence-corrected chi connectivity index (χ1v) is 9.41. The molecule has 0 aromatic heterocycles. The van der Waals surface area contributed by atoms with Crippen molar-refractivity contribution in [2.75, 3.05) is 27.9 Å². The van der Waals surface area contributed by atoms with Crippen LogP contribution < -0.4 is 19.5 Å². The Hall–Kier alpha value is -1.46. The Kier molecular flexibility index (Phi) is 7.85. The van der Waals surface area contributed by atoms with Gasteiger partial charge >= 0.3 is 0 Å². The van der Waals surface area contributed by atoms with E-state index >= 15 is 0 Å². The lowest BCUT2D eigenvalue weighted by atomic mass is 10.1. The molecule has 5 nitrogen and oxygen atoms in total. The van der Waals surface area contributed by atoms with Gasteiger partial charge in [-0.25, -0.2) is 0 Å². The minimum absolute atomic E-state index is 0.0105. The van der Waals surface area contributed by atoms with Crippen molar-refractivity contribution < 1.29 is 19.3 Å². The van der Waals surface area contributed by atoms with Crippen molar-refractivity contribution >= 4 is 0 Å². The average Bonchev–Trinajstić information content (AvgIpc) is 2.94. The summed E-state index contributed by atoms with van der Waals surface area (Å²) in [5.74, 6) is 1.85. The molecule has 1 aromatic carbocycles. The lowest BCUT2D eigenvalue weighted by Crippen LogP contribution is -2.33. The number of nitrogens with one attached hydrogen (secondary N) is 1. The van der Waals surface area contributed by atoms with Crippen molar-refractivity contribution in [1.82, 2.24) is 5.32 Å². The van der Waals surface area contributed by atoms with Crippen molar-refractivity contribution in [3.63, 3.8) is 0 Å². The van der Waals surface area contributed by atoms with Crippen molar-refractivity contribution in [2.24, 2.45) is 0 Å². The van der Waals surface area contributed by atoms with Crippen molar-refractivity contribution in [3.05, 3.63) is 17.2 Å². The highest BCUT2D eigenvalue weighted by Crippen LogP contribution is 2.47. The Balaban J connectivity index is 1.97. The number of unbranched alkanes of at least 4 members (excludes halogenated alkanes) is 5. The molecule has 0 amide bonds. The minimum atomic E-state index is -0.552. The Morgan fingerprint density at radius 2 is 1.68 bits per heavy atom. The first-order valence-electron chi connectivity index (χ1n) is 9.41. The van der Waals surface area contributed by atoms with Crippen molar-refractivity contribution in [2.45, 2.75) is 64.0 Å². The largest absolute Gasteiger partial charge is 0.493 e. The lowest BCUT2D eigenvalue weighted by molar-refractivity contribution is 0.141. The fourth-order valence-electron chi connectivity index (χ4n) is 3.63. The van der Waals surface area contributed by atoms with Crippen LogP contribution in [0.2, 0.25) is 0 Å². The van der Waals surface area contributed by atoms with Crippen LogP contribution in [0.25, 0.3) is 0 Å². The summed E-state index contributed by atoms with van der Waals surface area (Å²) in [7, 11) is 4.83. The number of fused-ring (bicyclic) bond motifs is 1. The molecule has 1 aliphatic carbocycles. The summed E-state index contributed by atoms with van der Waals surface area (Å²) in [5.41, 5.74) is 1.88. The fourth-order valence-corrected chi connectivity index (χ4v) is 3.63. The molecule has 2 N–H and O–H groups in total. The molecule has 0 fully saturated rings. The molecule has 0 aliphatic heterocycles. The molecular weight excluding hydrogens is 318 g/mol. The van der Waals surface area contributed by atoms with E-state index in [1.54, 1.807) is 21.3 Å². The number of methoxy groups -OCH3 is 3. The summed E-state index contributed by atoms with van der Waals surface area (Å²) in [6, 6.07) is 1.88. The van der Waals surface area contributed by atoms with Gasteiger partial charge in [0, 0.05) is 11.6 Å². The monoisotopic (exact) mass is 351 g/mol. The van der Waals surface area contributed by atoms with Gasteiger partial charge in [0.05, 0.1) is 27.4 Å². The minimum Gasteiger partial charge on any atom is -0.493 e. The van der Waals surface area contributed by atoms with Gasteiger partial charge < -0.3 is 24.6 Å². The molecule has 2 unspecified atom stereocenters. The van der Waals surface area contributed by atoms with Crippen LogP contribution in [-0.2, 0) is 6.42 Å². The zero-order valence-corrected chi connectivity index (χ0v) is 16.1. The Morgan fingerprint density at radius 3 is 2.32 bits per heavy atom. The summed E-state index contributed by atoms with van der Waals surface area (Å²) >= 11 is 0. The van der Waals surface area contributed by atoms with Crippen LogP contribution in [0.5, 0.6) is 17.2 Å². The molecular formula is C20H33NO4. The molecule has 1 aromatic rings. The van der Waals surface area contributed by atoms with E-state index in [1.165, 1.54) is 32.1 Å². The molecule has 2 atom stereocenters. The maximum Gasteiger partial charge on any atom is 0.203 e. The van der Waals surface area contributed by atoms with Crippen LogP contribution in [-0.4, -0.2) is 39.0 Å². The molecule has 142 valence electrons. The maximum atomic E-state index is 10.7. The molecule has 0 bridgehead atoms. The van der Waals surface area contributed by atoms with E-state index < -0.39 is 6.10 Å². The van der Waals surface area contributed by atoms with Crippen LogP contribution >= 0.6 is 0 Å². The van der Waals surface area contributed by atoms with Gasteiger partial charge in [0.25, 0.3) is 0 Å². The van der Waals surface area contributed by atoms with E-state index in [2.05, 4.69) is 12.2 Å². The smallest absolute Gasteiger partial charge is 0.203 e. The number of hydrogen-bond donors (Lipinski definition) is 2. The van der Waals surface area contributed by atoms with Crippen LogP contribution in [0, 0.1) is 0 Å².